The molecule has 0 aromatic heterocycles. The van der Waals surface area contributed by atoms with Gasteiger partial charge < -0.3 is 20.5 Å². The molecule has 4 rings (SSSR count). The summed E-state index contributed by atoms with van der Waals surface area (Å²) < 4.78 is 5.95. The van der Waals surface area contributed by atoms with Crippen molar-refractivity contribution in [3.8, 4) is 5.75 Å². The lowest BCUT2D eigenvalue weighted by atomic mass is 9.82. The van der Waals surface area contributed by atoms with Gasteiger partial charge in [-0.2, -0.15) is 0 Å². The lowest BCUT2D eigenvalue weighted by Crippen LogP contribution is -2.61. The van der Waals surface area contributed by atoms with E-state index in [-0.39, 0.29) is 5.92 Å². The van der Waals surface area contributed by atoms with Crippen molar-refractivity contribution in [2.45, 2.75) is 31.1 Å². The average molecular weight is 352 g/mol. The predicted molar refractivity (Wildman–Crippen MR) is 95.1 cm³/mol. The monoisotopic (exact) mass is 352 g/mol. The third kappa shape index (κ3) is 1.85. The number of carbonyl (C=O) groups excluding carboxylic acids is 2. The number of benzene rings is 2. The summed E-state index contributed by atoms with van der Waals surface area (Å²) in [6.45, 7) is 4.09. The molecule has 2 amide bonds. The topological polar surface area (TPSA) is 87.7 Å². The van der Waals surface area contributed by atoms with Crippen LogP contribution in [0.5, 0.6) is 5.75 Å². The number of fused-ring (bicyclic) bond motifs is 5. The molecule has 3 N–H and O–H groups in total. The van der Waals surface area contributed by atoms with E-state index < -0.39 is 23.1 Å². The number of urea groups is 1. The molecule has 0 fully saturated rings. The SMILES string of the molecule is CNC(=O)N[C@@]12C(=O)c3ccccc3[C@@]1(O)Oc1cc(C(C)C)ccc12. The second-order valence-corrected chi connectivity index (χ2v) is 6.99. The van der Waals surface area contributed by atoms with Gasteiger partial charge in [0.1, 0.15) is 5.75 Å². The zero-order chi connectivity index (χ0) is 18.7. The molecule has 0 saturated carbocycles. The second-order valence-electron chi connectivity index (χ2n) is 6.99. The van der Waals surface area contributed by atoms with Crippen molar-refractivity contribution in [1.82, 2.24) is 10.6 Å². The number of aliphatic hydroxyl groups is 1. The van der Waals surface area contributed by atoms with Gasteiger partial charge in [-0.1, -0.05) is 50.2 Å². The summed E-state index contributed by atoms with van der Waals surface area (Å²) in [5, 5.41) is 16.6. The Bertz CT molecular complexity index is 939. The van der Waals surface area contributed by atoms with Crippen LogP contribution < -0.4 is 15.4 Å². The van der Waals surface area contributed by atoms with Crippen LogP contribution in [-0.4, -0.2) is 24.0 Å². The van der Waals surface area contributed by atoms with Gasteiger partial charge in [0.2, 0.25) is 11.3 Å². The van der Waals surface area contributed by atoms with E-state index in [9.17, 15) is 14.7 Å². The summed E-state index contributed by atoms with van der Waals surface area (Å²) in [6.07, 6.45) is 0. The highest BCUT2D eigenvalue weighted by Gasteiger charge is 2.71. The van der Waals surface area contributed by atoms with Crippen LogP contribution in [0.2, 0.25) is 0 Å². The van der Waals surface area contributed by atoms with Gasteiger partial charge in [-0.3, -0.25) is 4.79 Å². The Hall–Kier alpha value is -2.86. The molecule has 2 atom stereocenters. The van der Waals surface area contributed by atoms with Gasteiger partial charge in [-0.05, 0) is 17.5 Å². The Labute approximate surface area is 151 Å². The molecule has 26 heavy (non-hydrogen) atoms. The summed E-state index contributed by atoms with van der Waals surface area (Å²) in [7, 11) is 1.45. The lowest BCUT2D eigenvalue weighted by molar-refractivity contribution is -0.168. The molecule has 6 nitrogen and oxygen atoms in total. The van der Waals surface area contributed by atoms with Crippen LogP contribution >= 0.6 is 0 Å². The number of carbonyl (C=O) groups is 2. The van der Waals surface area contributed by atoms with E-state index in [0.717, 1.165) is 5.56 Å². The summed E-state index contributed by atoms with van der Waals surface area (Å²) in [5.41, 5.74) is 0.438. The molecular weight excluding hydrogens is 332 g/mol. The minimum atomic E-state index is -1.99. The van der Waals surface area contributed by atoms with Crippen molar-refractivity contribution in [3.63, 3.8) is 0 Å². The van der Waals surface area contributed by atoms with Gasteiger partial charge in [0.05, 0.1) is 0 Å². The highest BCUT2D eigenvalue weighted by atomic mass is 16.6. The van der Waals surface area contributed by atoms with E-state index in [1.807, 2.05) is 26.0 Å². The molecule has 2 aliphatic rings. The van der Waals surface area contributed by atoms with Gasteiger partial charge in [0.15, 0.2) is 0 Å². The number of ketones is 1. The molecular formula is C20H20N2O4. The summed E-state index contributed by atoms with van der Waals surface area (Å²) >= 11 is 0. The van der Waals surface area contributed by atoms with Crippen LogP contribution in [0, 0.1) is 0 Å². The zero-order valence-corrected chi connectivity index (χ0v) is 14.8. The smallest absolute Gasteiger partial charge is 0.315 e. The van der Waals surface area contributed by atoms with E-state index >= 15 is 0 Å². The Morgan fingerprint density at radius 1 is 1.15 bits per heavy atom. The molecule has 134 valence electrons. The molecule has 0 bridgehead atoms. The van der Waals surface area contributed by atoms with Crippen molar-refractivity contribution < 1.29 is 19.4 Å². The molecule has 0 saturated heterocycles. The van der Waals surface area contributed by atoms with E-state index in [1.165, 1.54) is 7.05 Å². The summed E-state index contributed by atoms with van der Waals surface area (Å²) in [5.74, 6) is -1.73. The highest BCUT2D eigenvalue weighted by molar-refractivity contribution is 6.12. The first-order chi connectivity index (χ1) is 12.3. The van der Waals surface area contributed by atoms with E-state index in [1.54, 1.807) is 30.3 Å². The Balaban J connectivity index is 1.99. The quantitative estimate of drug-likeness (QED) is 0.774. The Morgan fingerprint density at radius 2 is 1.88 bits per heavy atom. The zero-order valence-electron chi connectivity index (χ0n) is 14.8. The number of amides is 2. The van der Waals surface area contributed by atoms with Crippen LogP contribution in [0.15, 0.2) is 42.5 Å². The number of hydrogen-bond acceptors (Lipinski definition) is 4. The van der Waals surface area contributed by atoms with Crippen LogP contribution in [0.4, 0.5) is 4.79 Å². The van der Waals surface area contributed by atoms with Gasteiger partial charge in [0.25, 0.3) is 5.79 Å². The first-order valence-corrected chi connectivity index (χ1v) is 8.55. The standard InChI is InChI=1S/C20H20N2O4/c1-11(2)12-8-9-15-16(10-12)26-20(25)14-7-5-4-6-13(14)17(23)19(15,20)22-18(24)21-3/h4-11,25H,1-3H3,(H2,21,22,24)/t19-,20+/m0/s1. The molecule has 0 radical (unpaired) electrons. The first kappa shape index (κ1) is 16.6. The Morgan fingerprint density at radius 3 is 2.58 bits per heavy atom. The van der Waals surface area contributed by atoms with Crippen molar-refractivity contribution in [1.29, 1.82) is 0 Å². The Kier molecular flexibility index (Phi) is 3.39. The largest absolute Gasteiger partial charge is 0.454 e. The average Bonchev–Trinajstić information content (AvgIpc) is 2.99. The second kappa shape index (κ2) is 5.32. The number of nitrogens with one attached hydrogen (secondary N) is 2. The molecule has 6 heteroatoms. The molecule has 0 unspecified atom stereocenters. The fourth-order valence-corrected chi connectivity index (χ4v) is 3.86. The molecule has 0 spiro atoms. The van der Waals surface area contributed by atoms with Crippen LogP contribution in [0.25, 0.3) is 0 Å². The maximum atomic E-state index is 13.4. The van der Waals surface area contributed by atoms with Crippen LogP contribution in [0.1, 0.15) is 46.8 Å². The van der Waals surface area contributed by atoms with E-state index in [2.05, 4.69) is 10.6 Å². The maximum Gasteiger partial charge on any atom is 0.315 e. The molecule has 1 aliphatic carbocycles. The molecule has 2 aromatic carbocycles. The molecule has 1 heterocycles. The van der Waals surface area contributed by atoms with E-state index in [4.69, 9.17) is 4.74 Å². The van der Waals surface area contributed by atoms with Gasteiger partial charge in [0, 0.05) is 23.7 Å². The van der Waals surface area contributed by atoms with Crippen LogP contribution in [0.3, 0.4) is 0 Å². The van der Waals surface area contributed by atoms with Crippen molar-refractivity contribution >= 4 is 11.8 Å². The predicted octanol–water partition coefficient (Wildman–Crippen LogP) is 2.37. The van der Waals surface area contributed by atoms with Crippen molar-refractivity contribution in [2.75, 3.05) is 7.05 Å². The third-order valence-electron chi connectivity index (χ3n) is 5.25. The highest BCUT2D eigenvalue weighted by Crippen LogP contribution is 2.58. The van der Waals surface area contributed by atoms with Gasteiger partial charge in [-0.15, -0.1) is 0 Å². The minimum Gasteiger partial charge on any atom is -0.454 e. The van der Waals surface area contributed by atoms with Crippen molar-refractivity contribution in [2.24, 2.45) is 0 Å². The summed E-state index contributed by atoms with van der Waals surface area (Å²) in [4.78, 5) is 25.5. The maximum absolute atomic E-state index is 13.4. The summed E-state index contributed by atoms with van der Waals surface area (Å²) in [6, 6.07) is 11.6. The normalized spacial score (nSPS) is 25.3. The number of rotatable bonds is 2. The van der Waals surface area contributed by atoms with Crippen molar-refractivity contribution in [3.05, 3.63) is 64.7 Å². The minimum absolute atomic E-state index is 0.254. The molecule has 1 aliphatic heterocycles. The first-order valence-electron chi connectivity index (χ1n) is 8.55. The van der Waals surface area contributed by atoms with Gasteiger partial charge >= 0.3 is 6.03 Å². The number of ether oxygens (including phenoxy) is 1. The van der Waals surface area contributed by atoms with Gasteiger partial charge in [-0.25, -0.2) is 4.79 Å². The number of Topliss-reactive ketones (excluding diaryl/α,β-unsaturated/α-hetero) is 1. The van der Waals surface area contributed by atoms with E-state index in [0.29, 0.717) is 22.4 Å². The molecule has 2 aromatic rings. The number of hydrogen-bond donors (Lipinski definition) is 3. The fraction of sp³-hybridized carbons (Fsp3) is 0.300. The third-order valence-corrected chi connectivity index (χ3v) is 5.25. The lowest BCUT2D eigenvalue weighted by Gasteiger charge is -2.34. The fourth-order valence-electron chi connectivity index (χ4n) is 3.86. The van der Waals surface area contributed by atoms with Crippen LogP contribution in [-0.2, 0) is 11.3 Å².